The zero-order valence-corrected chi connectivity index (χ0v) is 18.5. The Morgan fingerprint density at radius 2 is 1.52 bits per heavy atom. The van der Waals surface area contributed by atoms with Gasteiger partial charge in [0.05, 0.1) is 0 Å². The topological polar surface area (TPSA) is 75.7 Å². The van der Waals surface area contributed by atoms with Gasteiger partial charge in [-0.25, -0.2) is 8.42 Å². The second-order valence-corrected chi connectivity index (χ2v) is 7.39. The Morgan fingerprint density at radius 3 is 2.04 bits per heavy atom. The van der Waals surface area contributed by atoms with Crippen LogP contribution >= 0.6 is 0 Å². The molecule has 25 heavy (non-hydrogen) atoms. The van der Waals surface area contributed by atoms with Crippen molar-refractivity contribution in [2.24, 2.45) is 0 Å². The van der Waals surface area contributed by atoms with Crippen molar-refractivity contribution in [1.82, 2.24) is 0 Å². The third kappa shape index (κ3) is 8.89. The molecule has 1 aromatic carbocycles. The third-order valence-electron chi connectivity index (χ3n) is 3.85. The van der Waals surface area contributed by atoms with Crippen LogP contribution in [0.4, 0.5) is 0 Å². The Labute approximate surface area is 174 Å². The van der Waals surface area contributed by atoms with Crippen LogP contribution in [-0.4, -0.2) is 24.7 Å². The van der Waals surface area contributed by atoms with Crippen molar-refractivity contribution >= 4 is 10.1 Å². The number of hydrogen-bond acceptors (Lipinski definition) is 5. The predicted octanol–water partition coefficient (Wildman–Crippen LogP) is 1.45. The molecule has 5 nitrogen and oxygen atoms in total. The Morgan fingerprint density at radius 1 is 0.960 bits per heavy atom. The first-order valence-corrected chi connectivity index (χ1v) is 10.2. The molecule has 0 radical (unpaired) electrons. The van der Waals surface area contributed by atoms with E-state index in [1.807, 2.05) is 0 Å². The van der Waals surface area contributed by atoms with Gasteiger partial charge in [-0.1, -0.05) is 63.6 Å². The number of unbranched alkanes of at least 4 members (excludes halogenated alkanes) is 6. The Hall–Kier alpha value is -0.110. The normalized spacial score (nSPS) is 13.7. The molecule has 0 N–H and O–H groups in total. The molecule has 0 aromatic heterocycles. The van der Waals surface area contributed by atoms with E-state index < -0.39 is 15.2 Å². The molecule has 1 atom stereocenters. The van der Waals surface area contributed by atoms with Gasteiger partial charge in [0, 0.05) is 13.0 Å². The van der Waals surface area contributed by atoms with Crippen LogP contribution in [0, 0.1) is 0 Å². The Bertz CT molecular complexity index is 550. The van der Waals surface area contributed by atoms with Crippen molar-refractivity contribution < 1.29 is 52.0 Å². The fourth-order valence-corrected chi connectivity index (χ4v) is 3.44. The van der Waals surface area contributed by atoms with Crippen molar-refractivity contribution in [2.75, 3.05) is 6.61 Å². The Balaban J connectivity index is 0.00000576. The van der Waals surface area contributed by atoms with Crippen molar-refractivity contribution in [1.29, 1.82) is 0 Å². The minimum atomic E-state index is -4.78. The molecule has 1 aromatic rings. The predicted molar refractivity (Wildman–Crippen MR) is 93.7 cm³/mol. The van der Waals surface area contributed by atoms with Gasteiger partial charge in [0.1, 0.15) is 5.75 Å². The third-order valence-corrected chi connectivity index (χ3v) is 5.02. The van der Waals surface area contributed by atoms with Crippen molar-refractivity contribution in [2.45, 2.75) is 70.3 Å². The summed E-state index contributed by atoms with van der Waals surface area (Å²) in [5.74, 6) is 0.313. The van der Waals surface area contributed by atoms with Gasteiger partial charge in [-0.15, -0.1) is 0 Å². The van der Waals surface area contributed by atoms with Gasteiger partial charge in [-0.05, 0) is 25.5 Å². The smallest absolute Gasteiger partial charge is 0.743 e. The van der Waals surface area contributed by atoms with Crippen LogP contribution in [0.5, 0.6) is 5.75 Å². The molecule has 0 aliphatic rings. The minimum Gasteiger partial charge on any atom is -0.743 e. The number of para-hydroxylation sites is 1. The average Bonchev–Trinajstić information content (AvgIpc) is 2.54. The van der Waals surface area contributed by atoms with E-state index in [0.29, 0.717) is 12.2 Å². The minimum absolute atomic E-state index is 0. The van der Waals surface area contributed by atoms with Crippen molar-refractivity contribution in [3.05, 3.63) is 30.3 Å². The van der Waals surface area contributed by atoms with E-state index in [9.17, 15) is 13.0 Å². The largest absolute Gasteiger partial charge is 1.00 e. The maximum absolute atomic E-state index is 11.8. The van der Waals surface area contributed by atoms with E-state index in [4.69, 9.17) is 9.47 Å². The fraction of sp³-hybridized carbons (Fsp3) is 0.667. The summed E-state index contributed by atoms with van der Waals surface area (Å²) in [5.41, 5.74) is 0. The monoisotopic (exact) mass is 380 g/mol. The molecule has 0 fully saturated rings. The summed E-state index contributed by atoms with van der Waals surface area (Å²) in [4.78, 5) is 0. The second kappa shape index (κ2) is 13.1. The van der Waals surface area contributed by atoms with Crippen LogP contribution in [0.3, 0.4) is 0 Å². The summed E-state index contributed by atoms with van der Waals surface area (Å²) < 4.78 is 46.4. The molecule has 0 saturated heterocycles. The quantitative estimate of drug-likeness (QED) is 0.224. The molecule has 0 aliphatic carbocycles. The van der Waals surface area contributed by atoms with Crippen LogP contribution < -0.4 is 34.3 Å². The molecular formula is C18H29NaO5S. The summed E-state index contributed by atoms with van der Waals surface area (Å²) >= 11 is 0. The van der Waals surface area contributed by atoms with Crippen LogP contribution in [0.2, 0.25) is 0 Å². The van der Waals surface area contributed by atoms with Gasteiger partial charge in [0.2, 0.25) is 0 Å². The molecule has 138 valence electrons. The first kappa shape index (κ1) is 24.9. The van der Waals surface area contributed by atoms with Crippen LogP contribution in [-0.2, 0) is 14.9 Å². The average molecular weight is 380 g/mol. The SMILES string of the molecule is CCCCCCCCCC(OCC)(Oc1ccccc1)S(=O)(=O)[O-].[Na+]. The van der Waals surface area contributed by atoms with Gasteiger partial charge >= 0.3 is 34.7 Å². The van der Waals surface area contributed by atoms with E-state index in [-0.39, 0.29) is 42.6 Å². The van der Waals surface area contributed by atoms with E-state index >= 15 is 0 Å². The summed E-state index contributed by atoms with van der Waals surface area (Å²) in [7, 11) is -4.78. The van der Waals surface area contributed by atoms with Gasteiger partial charge in [0.25, 0.3) is 0 Å². The molecule has 1 rings (SSSR count). The van der Waals surface area contributed by atoms with Crippen molar-refractivity contribution in [3.63, 3.8) is 0 Å². The van der Waals surface area contributed by atoms with Crippen LogP contribution in [0.15, 0.2) is 30.3 Å². The second-order valence-electron chi connectivity index (χ2n) is 5.86. The molecule has 0 bridgehead atoms. The number of hydrogen-bond donors (Lipinski definition) is 0. The first-order valence-electron chi connectivity index (χ1n) is 8.78. The summed E-state index contributed by atoms with van der Waals surface area (Å²) in [5, 5.41) is -2.15. The zero-order chi connectivity index (χ0) is 17.9. The fourth-order valence-electron chi connectivity index (χ4n) is 2.59. The summed E-state index contributed by atoms with van der Waals surface area (Å²) in [6.45, 7) is 3.90. The molecule has 1 unspecified atom stereocenters. The van der Waals surface area contributed by atoms with E-state index in [0.717, 1.165) is 19.3 Å². The number of rotatable bonds is 13. The van der Waals surface area contributed by atoms with Gasteiger partial charge in [-0.3, -0.25) is 0 Å². The molecule has 0 amide bonds. The maximum atomic E-state index is 11.8. The van der Waals surface area contributed by atoms with Gasteiger partial charge in [-0.2, -0.15) is 0 Å². The summed E-state index contributed by atoms with van der Waals surface area (Å²) in [6, 6.07) is 8.46. The van der Waals surface area contributed by atoms with E-state index in [1.54, 1.807) is 37.3 Å². The standard InChI is InChI=1S/C18H30O5S.Na/c1-3-5-6-7-8-9-13-16-18(22-4-2,24(19,20)21)23-17-14-11-10-12-15-17;/h10-12,14-15H,3-9,13,16H2,1-2H3,(H,19,20,21);/q;+1/p-1. The summed E-state index contributed by atoms with van der Waals surface area (Å²) in [6.07, 6.45) is 7.20. The first-order chi connectivity index (χ1) is 11.4. The molecular weight excluding hydrogens is 351 g/mol. The molecule has 7 heteroatoms. The van der Waals surface area contributed by atoms with Gasteiger partial charge < -0.3 is 14.0 Å². The van der Waals surface area contributed by atoms with Crippen molar-refractivity contribution in [3.8, 4) is 5.75 Å². The Kier molecular flexibility index (Phi) is 13.1. The van der Waals surface area contributed by atoms with Gasteiger partial charge in [0.15, 0.2) is 10.1 Å². The molecule has 0 saturated carbocycles. The maximum Gasteiger partial charge on any atom is 1.00 e. The van der Waals surface area contributed by atoms with Crippen LogP contribution in [0.1, 0.15) is 65.2 Å². The van der Waals surface area contributed by atoms with Crippen LogP contribution in [0.25, 0.3) is 0 Å². The van der Waals surface area contributed by atoms with E-state index in [1.165, 1.54) is 19.3 Å². The van der Waals surface area contributed by atoms with E-state index in [2.05, 4.69) is 6.92 Å². The molecule has 0 heterocycles. The number of benzene rings is 1. The molecule has 0 spiro atoms. The molecule has 0 aliphatic heterocycles. The number of ether oxygens (including phenoxy) is 2. The zero-order valence-electron chi connectivity index (χ0n) is 15.7.